The van der Waals surface area contributed by atoms with Gasteiger partial charge in [0.2, 0.25) is 5.89 Å². The third-order valence-electron chi connectivity index (χ3n) is 1.82. The lowest BCUT2D eigenvalue weighted by Gasteiger charge is -1.96. The number of hydrogen-bond acceptors (Lipinski definition) is 3. The first kappa shape index (κ1) is 9.24. The van der Waals surface area contributed by atoms with Crippen molar-refractivity contribution in [3.05, 3.63) is 41.2 Å². The second-order valence-electron chi connectivity index (χ2n) is 2.78. The lowest BCUT2D eigenvalue weighted by molar-refractivity contribution is 0.276. The summed E-state index contributed by atoms with van der Waals surface area (Å²) < 4.78 is 5.17. The van der Waals surface area contributed by atoms with Crippen LogP contribution < -0.4 is 0 Å². The number of oxazole rings is 1. The fourth-order valence-electron chi connectivity index (χ4n) is 1.14. The van der Waals surface area contributed by atoms with Gasteiger partial charge in [0.05, 0.1) is 17.2 Å². The van der Waals surface area contributed by atoms with E-state index in [1.54, 1.807) is 6.07 Å². The molecule has 0 spiro atoms. The molecule has 0 aliphatic rings. The minimum absolute atomic E-state index is 0.131. The molecule has 1 aromatic heterocycles. The first-order chi connectivity index (χ1) is 6.81. The maximum Gasteiger partial charge on any atom is 0.227 e. The summed E-state index contributed by atoms with van der Waals surface area (Å²) in [7, 11) is 0. The van der Waals surface area contributed by atoms with Gasteiger partial charge in [0.25, 0.3) is 0 Å². The average molecular weight is 210 g/mol. The summed E-state index contributed by atoms with van der Waals surface area (Å²) in [6, 6.07) is 7.26. The quantitative estimate of drug-likeness (QED) is 0.827. The lowest BCUT2D eigenvalue weighted by Crippen LogP contribution is -1.83. The molecular weight excluding hydrogens is 202 g/mol. The number of hydrogen-bond donors (Lipinski definition) is 1. The van der Waals surface area contributed by atoms with E-state index in [1.165, 1.54) is 6.26 Å². The number of aromatic nitrogens is 1. The van der Waals surface area contributed by atoms with Crippen LogP contribution in [-0.4, -0.2) is 10.1 Å². The van der Waals surface area contributed by atoms with E-state index in [4.69, 9.17) is 21.1 Å². The van der Waals surface area contributed by atoms with Crippen molar-refractivity contribution in [3.63, 3.8) is 0 Å². The molecule has 1 N–H and O–H groups in total. The Morgan fingerprint density at radius 3 is 2.79 bits per heavy atom. The molecule has 1 aromatic carbocycles. The first-order valence-electron chi connectivity index (χ1n) is 4.11. The van der Waals surface area contributed by atoms with Gasteiger partial charge in [0.15, 0.2) is 0 Å². The third-order valence-corrected chi connectivity index (χ3v) is 2.15. The molecule has 0 atom stereocenters. The van der Waals surface area contributed by atoms with E-state index in [1.807, 2.05) is 18.2 Å². The molecule has 1 heterocycles. The van der Waals surface area contributed by atoms with Crippen LogP contribution in [-0.2, 0) is 6.61 Å². The Balaban J connectivity index is 2.44. The van der Waals surface area contributed by atoms with Crippen molar-refractivity contribution in [1.29, 1.82) is 0 Å². The van der Waals surface area contributed by atoms with E-state index < -0.39 is 0 Å². The molecule has 2 rings (SSSR count). The Morgan fingerprint density at radius 1 is 1.36 bits per heavy atom. The van der Waals surface area contributed by atoms with Gasteiger partial charge in [0.1, 0.15) is 12.0 Å². The van der Waals surface area contributed by atoms with Crippen molar-refractivity contribution in [3.8, 4) is 11.5 Å². The largest absolute Gasteiger partial charge is 0.444 e. The van der Waals surface area contributed by atoms with Crippen molar-refractivity contribution < 1.29 is 9.52 Å². The van der Waals surface area contributed by atoms with Gasteiger partial charge in [-0.25, -0.2) is 4.98 Å². The van der Waals surface area contributed by atoms with Crippen LogP contribution in [0.4, 0.5) is 0 Å². The predicted octanol–water partition coefficient (Wildman–Crippen LogP) is 2.49. The highest BCUT2D eigenvalue weighted by atomic mass is 35.5. The Kier molecular flexibility index (Phi) is 2.52. The molecule has 0 aliphatic heterocycles. The summed E-state index contributed by atoms with van der Waals surface area (Å²) in [5.41, 5.74) is 1.23. The molecule has 0 aliphatic carbocycles. The lowest BCUT2D eigenvalue weighted by atomic mass is 10.2. The number of nitrogens with zero attached hydrogens (tertiary/aromatic N) is 1. The Morgan fingerprint density at radius 2 is 2.14 bits per heavy atom. The molecule has 14 heavy (non-hydrogen) atoms. The van der Waals surface area contributed by atoms with Crippen molar-refractivity contribution >= 4 is 11.6 Å². The highest BCUT2D eigenvalue weighted by Crippen LogP contribution is 2.26. The number of aliphatic hydroxyl groups is 1. The van der Waals surface area contributed by atoms with Crippen LogP contribution in [0.5, 0.6) is 0 Å². The van der Waals surface area contributed by atoms with Crippen LogP contribution in [0.25, 0.3) is 11.5 Å². The molecule has 4 heteroatoms. The minimum Gasteiger partial charge on any atom is -0.444 e. The monoisotopic (exact) mass is 209 g/mol. The SMILES string of the molecule is OCc1coc(-c2ccccc2Cl)n1. The Bertz CT molecular complexity index is 439. The van der Waals surface area contributed by atoms with Crippen molar-refractivity contribution in [2.24, 2.45) is 0 Å². The highest BCUT2D eigenvalue weighted by Gasteiger charge is 2.08. The molecule has 0 saturated heterocycles. The summed E-state index contributed by atoms with van der Waals surface area (Å²) in [4.78, 5) is 4.06. The summed E-state index contributed by atoms with van der Waals surface area (Å²) in [5.74, 6) is 0.430. The standard InChI is InChI=1S/C10H8ClNO2/c11-9-4-2-1-3-8(9)10-12-7(5-13)6-14-10/h1-4,6,13H,5H2. The topological polar surface area (TPSA) is 46.3 Å². The number of halogens is 1. The molecule has 0 bridgehead atoms. The molecule has 0 radical (unpaired) electrons. The van der Waals surface area contributed by atoms with Gasteiger partial charge in [0, 0.05) is 0 Å². The average Bonchev–Trinajstić information content (AvgIpc) is 2.67. The maximum absolute atomic E-state index is 8.81. The molecular formula is C10H8ClNO2. The molecule has 0 unspecified atom stereocenters. The van der Waals surface area contributed by atoms with Crippen LogP contribution in [0.3, 0.4) is 0 Å². The summed E-state index contributed by atoms with van der Waals surface area (Å²) in [6.45, 7) is -0.131. The zero-order valence-electron chi connectivity index (χ0n) is 7.27. The van der Waals surface area contributed by atoms with E-state index in [9.17, 15) is 0 Å². The van der Waals surface area contributed by atoms with Crippen LogP contribution in [0.15, 0.2) is 34.9 Å². The molecule has 72 valence electrons. The zero-order chi connectivity index (χ0) is 9.97. The highest BCUT2D eigenvalue weighted by molar-refractivity contribution is 6.33. The summed E-state index contributed by atoms with van der Waals surface area (Å²) in [5, 5.41) is 9.39. The maximum atomic E-state index is 8.81. The molecule has 3 nitrogen and oxygen atoms in total. The van der Waals surface area contributed by atoms with Gasteiger partial charge >= 0.3 is 0 Å². The Hall–Kier alpha value is -1.32. The van der Waals surface area contributed by atoms with Gasteiger partial charge in [-0.15, -0.1) is 0 Å². The van der Waals surface area contributed by atoms with Gasteiger partial charge in [-0.3, -0.25) is 0 Å². The van der Waals surface area contributed by atoms with E-state index in [-0.39, 0.29) is 6.61 Å². The minimum atomic E-state index is -0.131. The zero-order valence-corrected chi connectivity index (χ0v) is 8.03. The van der Waals surface area contributed by atoms with E-state index >= 15 is 0 Å². The van der Waals surface area contributed by atoms with Crippen molar-refractivity contribution in [2.75, 3.05) is 0 Å². The summed E-state index contributed by atoms with van der Waals surface area (Å²) in [6.07, 6.45) is 1.42. The number of rotatable bonds is 2. The second-order valence-corrected chi connectivity index (χ2v) is 3.19. The first-order valence-corrected chi connectivity index (χ1v) is 4.49. The van der Waals surface area contributed by atoms with E-state index in [0.717, 1.165) is 5.56 Å². The van der Waals surface area contributed by atoms with Crippen LogP contribution in [0.1, 0.15) is 5.69 Å². The Labute approximate surface area is 86.0 Å². The van der Waals surface area contributed by atoms with Gasteiger partial charge < -0.3 is 9.52 Å². The number of aliphatic hydroxyl groups excluding tert-OH is 1. The molecule has 0 saturated carbocycles. The van der Waals surface area contributed by atoms with Crippen molar-refractivity contribution in [1.82, 2.24) is 4.98 Å². The summed E-state index contributed by atoms with van der Waals surface area (Å²) >= 11 is 5.95. The van der Waals surface area contributed by atoms with E-state index in [2.05, 4.69) is 4.98 Å². The fourth-order valence-corrected chi connectivity index (χ4v) is 1.35. The molecule has 0 fully saturated rings. The normalized spacial score (nSPS) is 10.4. The van der Waals surface area contributed by atoms with Gasteiger partial charge in [-0.2, -0.15) is 0 Å². The smallest absolute Gasteiger partial charge is 0.227 e. The van der Waals surface area contributed by atoms with Gasteiger partial charge in [-0.1, -0.05) is 23.7 Å². The fraction of sp³-hybridized carbons (Fsp3) is 0.100. The van der Waals surface area contributed by atoms with Gasteiger partial charge in [-0.05, 0) is 12.1 Å². The second kappa shape index (κ2) is 3.82. The third kappa shape index (κ3) is 1.64. The van der Waals surface area contributed by atoms with Crippen LogP contribution in [0.2, 0.25) is 5.02 Å². The predicted molar refractivity (Wildman–Crippen MR) is 52.9 cm³/mol. The van der Waals surface area contributed by atoms with Crippen molar-refractivity contribution in [2.45, 2.75) is 6.61 Å². The van der Waals surface area contributed by atoms with Crippen LogP contribution in [0, 0.1) is 0 Å². The molecule has 0 amide bonds. The van der Waals surface area contributed by atoms with E-state index in [0.29, 0.717) is 16.6 Å². The van der Waals surface area contributed by atoms with Crippen LogP contribution >= 0.6 is 11.6 Å². The molecule has 2 aromatic rings. The number of benzene rings is 1.